The molecule has 294 valence electrons. The molecular formula is C36H68N2O12. The first kappa shape index (κ1) is 43.4. The van der Waals surface area contributed by atoms with Crippen LogP contribution < -0.4 is 11.1 Å². The van der Waals surface area contributed by atoms with Crippen molar-refractivity contribution >= 4 is 5.97 Å². The molecule has 2 unspecified atom stereocenters. The third-order valence-electron chi connectivity index (χ3n) is 11.9. The van der Waals surface area contributed by atoms with E-state index in [2.05, 4.69) is 5.32 Å². The largest absolute Gasteiger partial charge is 0.459 e. The van der Waals surface area contributed by atoms with Gasteiger partial charge in [0.2, 0.25) is 0 Å². The van der Waals surface area contributed by atoms with Crippen LogP contribution in [0.1, 0.15) is 94.9 Å². The summed E-state index contributed by atoms with van der Waals surface area (Å²) in [6, 6.07) is -1.03. The minimum Gasteiger partial charge on any atom is -0.459 e. The van der Waals surface area contributed by atoms with Gasteiger partial charge in [-0.3, -0.25) is 4.79 Å². The molecule has 3 heterocycles. The highest BCUT2D eigenvalue weighted by molar-refractivity contribution is 5.73. The number of nitrogens with one attached hydrogen (secondary N) is 1. The second-order valence-electron chi connectivity index (χ2n) is 16.2. The van der Waals surface area contributed by atoms with E-state index in [0.29, 0.717) is 6.42 Å². The summed E-state index contributed by atoms with van der Waals surface area (Å²) < 4.78 is 37.1. The van der Waals surface area contributed by atoms with E-state index in [-0.39, 0.29) is 31.4 Å². The molecule has 3 saturated heterocycles. The fourth-order valence-electron chi connectivity index (χ4n) is 8.43. The first-order valence-corrected chi connectivity index (χ1v) is 18.3. The average molecular weight is 721 g/mol. The number of aliphatic hydroxyl groups excluding tert-OH is 3. The topological polar surface area (TPSA) is 212 Å². The van der Waals surface area contributed by atoms with Gasteiger partial charge >= 0.3 is 5.97 Å². The van der Waals surface area contributed by atoms with E-state index >= 15 is 0 Å². The Morgan fingerprint density at radius 1 is 0.940 bits per heavy atom. The number of ether oxygens (including phenoxy) is 6. The Hall–Kier alpha value is -1.01. The molecule has 0 spiro atoms. The maximum Gasteiger partial charge on any atom is 0.311 e. The summed E-state index contributed by atoms with van der Waals surface area (Å²) in [6.07, 6.45) is -8.72. The van der Waals surface area contributed by atoms with Crippen LogP contribution >= 0.6 is 0 Å². The lowest BCUT2D eigenvalue weighted by Gasteiger charge is -2.49. The van der Waals surface area contributed by atoms with E-state index in [1.54, 1.807) is 55.5 Å². The van der Waals surface area contributed by atoms with Crippen molar-refractivity contribution < 1.29 is 58.7 Å². The van der Waals surface area contributed by atoms with Crippen LogP contribution in [0.4, 0.5) is 0 Å². The number of rotatable bonds is 7. The van der Waals surface area contributed by atoms with Crippen molar-refractivity contribution in [3.8, 4) is 0 Å². The minimum atomic E-state index is -1.85. The molecule has 0 aromatic carbocycles. The number of likely N-dealkylation sites (N-methyl/N-ethyl adjacent to an activating group) is 1. The average Bonchev–Trinajstić information content (AvgIpc) is 3.05. The highest BCUT2D eigenvalue weighted by atomic mass is 16.7. The molecule has 3 aliphatic heterocycles. The second-order valence-corrected chi connectivity index (χ2v) is 16.2. The molecule has 3 rings (SSSR count). The van der Waals surface area contributed by atoms with Gasteiger partial charge in [0.05, 0.1) is 47.6 Å². The fraction of sp³-hybridized carbons (Fsp3) is 0.972. The smallest absolute Gasteiger partial charge is 0.311 e. The van der Waals surface area contributed by atoms with Crippen molar-refractivity contribution in [3.63, 3.8) is 0 Å². The molecule has 0 amide bonds. The third kappa shape index (κ3) is 9.19. The quantitative estimate of drug-likeness (QED) is 0.184. The van der Waals surface area contributed by atoms with Crippen molar-refractivity contribution in [3.05, 3.63) is 0 Å². The van der Waals surface area contributed by atoms with Crippen molar-refractivity contribution in [2.24, 2.45) is 29.4 Å². The molecule has 0 aromatic heterocycles. The van der Waals surface area contributed by atoms with Gasteiger partial charge in [-0.15, -0.1) is 0 Å². The van der Waals surface area contributed by atoms with E-state index in [1.165, 1.54) is 14.0 Å². The SMILES string of the molecule is CCC1OC(=O)[C@H](C)C(O[C@H]2C[C@@](C)(OC)[C@@H](O)[C@H](C)O2)[C@H](C)[C@@H](O[C@@H]2O[C@H](C)C[C@H](NC)[C@H]2O)[C@](C)(O)C[C@@H](C)[C@H](N)[C@H](C)[C@@H](O)[C@]1(C)O. The summed E-state index contributed by atoms with van der Waals surface area (Å²) >= 11 is 0. The monoisotopic (exact) mass is 720 g/mol. The molecule has 14 nitrogen and oxygen atoms in total. The van der Waals surface area contributed by atoms with Crippen LogP contribution in [0.25, 0.3) is 0 Å². The number of carbonyl (C=O) groups excluding carboxylic acids is 1. The summed E-state index contributed by atoms with van der Waals surface area (Å²) in [5.41, 5.74) is 2.19. The second kappa shape index (κ2) is 17.0. The Morgan fingerprint density at radius 3 is 2.12 bits per heavy atom. The summed E-state index contributed by atoms with van der Waals surface area (Å²) in [5, 5.41) is 60.8. The number of aliphatic hydroxyl groups is 5. The molecule has 14 heteroatoms. The molecule has 0 aliphatic carbocycles. The molecule has 0 aromatic rings. The molecule has 50 heavy (non-hydrogen) atoms. The van der Waals surface area contributed by atoms with Crippen LogP contribution in [0.2, 0.25) is 0 Å². The van der Waals surface area contributed by atoms with Crippen LogP contribution in [0.5, 0.6) is 0 Å². The van der Waals surface area contributed by atoms with E-state index < -0.39 is 108 Å². The van der Waals surface area contributed by atoms with Gasteiger partial charge in [0.1, 0.15) is 23.9 Å². The van der Waals surface area contributed by atoms with Gasteiger partial charge < -0.3 is 65.0 Å². The molecule has 0 radical (unpaired) electrons. The maximum absolute atomic E-state index is 14.1. The Labute approximate surface area is 298 Å². The maximum atomic E-state index is 14.1. The van der Waals surface area contributed by atoms with E-state index in [9.17, 15) is 30.3 Å². The number of carbonyl (C=O) groups is 1. The van der Waals surface area contributed by atoms with Crippen LogP contribution in [0, 0.1) is 23.7 Å². The number of methoxy groups -OCH3 is 1. The number of cyclic esters (lactones) is 1. The Morgan fingerprint density at radius 2 is 1.56 bits per heavy atom. The van der Waals surface area contributed by atoms with E-state index in [0.717, 1.165) is 0 Å². The molecule has 3 aliphatic rings. The zero-order chi connectivity index (χ0) is 38.1. The first-order valence-electron chi connectivity index (χ1n) is 18.3. The highest BCUT2D eigenvalue weighted by Gasteiger charge is 2.53. The fourth-order valence-corrected chi connectivity index (χ4v) is 8.43. The van der Waals surface area contributed by atoms with E-state index in [1.807, 2.05) is 13.8 Å². The highest BCUT2D eigenvalue weighted by Crippen LogP contribution is 2.41. The lowest BCUT2D eigenvalue weighted by Crippen LogP contribution is -2.61. The van der Waals surface area contributed by atoms with Crippen LogP contribution in [0.3, 0.4) is 0 Å². The first-order chi connectivity index (χ1) is 23.1. The van der Waals surface area contributed by atoms with Crippen LogP contribution in [-0.4, -0.2) is 136 Å². The molecule has 19 atom stereocenters. The zero-order valence-electron chi connectivity index (χ0n) is 32.2. The standard InChI is InChI=1S/C36H68N2O12/c1-13-24-36(10,44)29(40)19(4)26(37)17(2)15-34(8,43)31(50-33-27(39)23(38-11)14-18(3)46-33)20(5)28(21(6)32(42)48-24)49-25-16-35(9,45-12)30(41)22(7)47-25/h17-31,33,38-41,43-44H,13-16,37H2,1-12H3/t17-,18-,19+,20+,21-,22+,23+,24?,25+,26+,27-,28?,29-,30+,31-,33+,34-,35-,36-/m1/s1. The number of hydrogen-bond acceptors (Lipinski definition) is 14. The summed E-state index contributed by atoms with van der Waals surface area (Å²) in [7, 11) is 3.24. The predicted molar refractivity (Wildman–Crippen MR) is 185 cm³/mol. The summed E-state index contributed by atoms with van der Waals surface area (Å²) in [4.78, 5) is 14.1. The lowest BCUT2D eigenvalue weighted by molar-refractivity contribution is -0.316. The van der Waals surface area contributed by atoms with Gasteiger partial charge in [-0.1, -0.05) is 27.7 Å². The molecular weight excluding hydrogens is 652 g/mol. The van der Waals surface area contributed by atoms with Gasteiger partial charge in [0, 0.05) is 37.5 Å². The van der Waals surface area contributed by atoms with Crippen molar-refractivity contribution in [1.82, 2.24) is 5.32 Å². The van der Waals surface area contributed by atoms with Crippen molar-refractivity contribution in [1.29, 1.82) is 0 Å². The van der Waals surface area contributed by atoms with Crippen molar-refractivity contribution in [2.45, 2.75) is 185 Å². The van der Waals surface area contributed by atoms with E-state index in [4.69, 9.17) is 34.2 Å². The Balaban J connectivity index is 2.17. The molecule has 0 saturated carbocycles. The normalized spacial score (nSPS) is 51.8. The zero-order valence-corrected chi connectivity index (χ0v) is 32.2. The third-order valence-corrected chi connectivity index (χ3v) is 11.9. The number of hydrogen-bond donors (Lipinski definition) is 7. The number of nitrogens with two attached hydrogens (primary N) is 1. The van der Waals surface area contributed by atoms with Gasteiger partial charge in [-0.05, 0) is 73.8 Å². The van der Waals surface area contributed by atoms with Crippen molar-refractivity contribution in [2.75, 3.05) is 14.2 Å². The van der Waals surface area contributed by atoms with Gasteiger partial charge in [0.25, 0.3) is 0 Å². The van der Waals surface area contributed by atoms with Gasteiger partial charge in [0.15, 0.2) is 12.6 Å². The lowest BCUT2D eigenvalue weighted by atomic mass is 9.72. The van der Waals surface area contributed by atoms with Crippen LogP contribution in [0.15, 0.2) is 0 Å². The number of esters is 1. The summed E-state index contributed by atoms with van der Waals surface area (Å²) in [6.45, 7) is 17.1. The summed E-state index contributed by atoms with van der Waals surface area (Å²) in [5.74, 6) is -3.57. The molecule has 8 N–H and O–H groups in total. The van der Waals surface area contributed by atoms with Crippen LogP contribution in [-0.2, 0) is 33.2 Å². The molecule has 3 fully saturated rings. The Kier molecular flexibility index (Phi) is 14.7. The van der Waals surface area contributed by atoms with Gasteiger partial charge in [-0.2, -0.15) is 0 Å². The Bertz CT molecular complexity index is 1100. The predicted octanol–water partition coefficient (Wildman–Crippen LogP) is 1.20. The minimum absolute atomic E-state index is 0.0872. The van der Waals surface area contributed by atoms with Gasteiger partial charge in [-0.25, -0.2) is 0 Å². The molecule has 0 bridgehead atoms.